The molecule has 1 amide bonds. The average Bonchev–Trinajstić information content (AvgIpc) is 2.54. The van der Waals surface area contributed by atoms with Gasteiger partial charge in [0.05, 0.1) is 26.4 Å². The van der Waals surface area contributed by atoms with E-state index in [0.717, 1.165) is 0 Å². The highest BCUT2D eigenvalue weighted by Crippen LogP contribution is 2.47. The fourth-order valence-corrected chi connectivity index (χ4v) is 3.08. The summed E-state index contributed by atoms with van der Waals surface area (Å²) in [6.07, 6.45) is 1.48. The maximum absolute atomic E-state index is 12.1. The van der Waals surface area contributed by atoms with Crippen LogP contribution in [0.3, 0.4) is 0 Å². The second-order valence-electron chi connectivity index (χ2n) is 4.08. The van der Waals surface area contributed by atoms with E-state index in [-0.39, 0.29) is 49.4 Å². The second kappa shape index (κ2) is 11.3. The molecule has 24 heavy (non-hydrogen) atoms. The van der Waals surface area contributed by atoms with Crippen molar-refractivity contribution in [3.05, 3.63) is 11.5 Å². The van der Waals surface area contributed by atoms with E-state index in [9.17, 15) is 9.36 Å². The Balaban J connectivity index is 2.35. The highest BCUT2D eigenvalue weighted by Gasteiger charge is 2.23. The van der Waals surface area contributed by atoms with Crippen molar-refractivity contribution in [3.63, 3.8) is 0 Å². The molecule has 0 aliphatic carbocycles. The molecule has 0 saturated heterocycles. The highest BCUT2D eigenvalue weighted by molar-refractivity contribution is 7.53. The van der Waals surface area contributed by atoms with Gasteiger partial charge in [-0.05, 0) is 13.8 Å². The van der Waals surface area contributed by atoms with E-state index in [1.54, 1.807) is 13.8 Å². The molecule has 2 N–H and O–H groups in total. The van der Waals surface area contributed by atoms with Crippen LogP contribution in [0.4, 0.5) is 11.5 Å². The third-order valence-electron chi connectivity index (χ3n) is 2.40. The summed E-state index contributed by atoms with van der Waals surface area (Å²) in [7, 11) is -3.23. The third kappa shape index (κ3) is 7.08. The van der Waals surface area contributed by atoms with Crippen LogP contribution in [-0.4, -0.2) is 49.2 Å². The van der Waals surface area contributed by atoms with Crippen molar-refractivity contribution in [2.75, 3.05) is 43.6 Å². The van der Waals surface area contributed by atoms with Crippen LogP contribution < -0.4 is 10.8 Å². The molecule has 0 aromatic carbocycles. The van der Waals surface area contributed by atoms with Crippen LogP contribution in [-0.2, 0) is 28.0 Å². The molecular weight excluding hydrogens is 363 g/mol. The van der Waals surface area contributed by atoms with E-state index in [1.807, 2.05) is 0 Å². The van der Waals surface area contributed by atoms with E-state index in [4.69, 9.17) is 30.2 Å². The summed E-state index contributed by atoms with van der Waals surface area (Å²) in [4.78, 5) is 23.3. The van der Waals surface area contributed by atoms with Crippen LogP contribution in [0.15, 0.2) is 6.33 Å². The van der Waals surface area contributed by atoms with E-state index in [2.05, 4.69) is 20.8 Å². The van der Waals surface area contributed by atoms with Crippen LogP contribution in [0.2, 0.25) is 5.15 Å². The molecule has 1 aromatic heterocycles. The lowest BCUT2D eigenvalue weighted by atomic mass is 10.5. The number of anilines is 2. The molecule has 0 unspecified atom stereocenters. The molecule has 0 bridgehead atoms. The van der Waals surface area contributed by atoms with Gasteiger partial charge in [0.15, 0.2) is 11.0 Å². The van der Waals surface area contributed by atoms with Gasteiger partial charge in [-0.25, -0.2) is 15.4 Å². The third-order valence-corrected chi connectivity index (χ3v) is 4.49. The van der Waals surface area contributed by atoms with Crippen molar-refractivity contribution in [1.29, 1.82) is 0 Å². The van der Waals surface area contributed by atoms with Gasteiger partial charge < -0.3 is 19.1 Å². The maximum Gasteiger partial charge on any atom is 0.356 e. The van der Waals surface area contributed by atoms with Gasteiger partial charge in [0.2, 0.25) is 6.41 Å². The summed E-state index contributed by atoms with van der Waals surface area (Å²) in [5.41, 5.74) is 2.71. The van der Waals surface area contributed by atoms with E-state index in [0.29, 0.717) is 6.41 Å². The predicted molar refractivity (Wildman–Crippen MR) is 88.0 cm³/mol. The Morgan fingerprint density at radius 2 is 1.96 bits per heavy atom. The number of nitrogens with zero attached hydrogens (tertiary/aromatic N) is 2. The number of hydrogen-bond donors (Lipinski definition) is 2. The Kier molecular flexibility index (Phi) is 9.77. The molecule has 0 fully saturated rings. The zero-order chi connectivity index (χ0) is 17.8. The molecule has 0 atom stereocenters. The average molecular weight is 383 g/mol. The molecule has 1 aromatic rings. The van der Waals surface area contributed by atoms with Crippen LogP contribution in [0.25, 0.3) is 0 Å². The molecule has 1 heterocycles. The number of carbonyl (C=O) groups excluding carboxylic acids is 1. The predicted octanol–water partition coefficient (Wildman–Crippen LogP) is 2.28. The molecule has 0 aliphatic heterocycles. The zero-order valence-corrected chi connectivity index (χ0v) is 15.0. The summed E-state index contributed by atoms with van der Waals surface area (Å²) >= 11 is 5.83. The summed E-state index contributed by atoms with van der Waals surface area (Å²) in [5, 5.41) is 2.43. The van der Waals surface area contributed by atoms with Crippen LogP contribution >= 0.6 is 19.2 Å². The number of halogens is 1. The number of nitrogens with one attached hydrogen (secondary N) is 2. The quantitative estimate of drug-likeness (QED) is 0.174. The minimum absolute atomic E-state index is 0.0637. The molecule has 0 aliphatic rings. The van der Waals surface area contributed by atoms with Crippen molar-refractivity contribution in [2.24, 2.45) is 0 Å². The fourth-order valence-electron chi connectivity index (χ4n) is 1.53. The minimum Gasteiger partial charge on any atom is -0.366 e. The lowest BCUT2D eigenvalue weighted by molar-refractivity contribution is -0.105. The molecule has 0 radical (unpaired) electrons. The number of hydrogen-bond acceptors (Lipinski definition) is 9. The lowest BCUT2D eigenvalue weighted by Crippen LogP contribution is -2.13. The van der Waals surface area contributed by atoms with Gasteiger partial charge in [-0.2, -0.15) is 0 Å². The largest absolute Gasteiger partial charge is 0.366 e. The van der Waals surface area contributed by atoms with Gasteiger partial charge in [0.25, 0.3) is 0 Å². The van der Waals surface area contributed by atoms with E-state index in [1.165, 1.54) is 6.33 Å². The molecule has 136 valence electrons. The Hall–Kier alpha value is -1.29. The van der Waals surface area contributed by atoms with Crippen molar-refractivity contribution in [2.45, 2.75) is 13.8 Å². The first-order valence-corrected chi connectivity index (χ1v) is 9.21. The number of amides is 1. The number of ether oxygens (including phenoxy) is 1. The number of aromatic nitrogens is 2. The Morgan fingerprint density at radius 1 is 1.25 bits per heavy atom. The fraction of sp³-hybridized carbons (Fsp3) is 0.583. The molecule has 12 heteroatoms. The first kappa shape index (κ1) is 20.8. The SMILES string of the molecule is CCOP(=O)(COCCONc1ncnc(Cl)c1NC=O)OCC. The van der Waals surface area contributed by atoms with Crippen LogP contribution in [0, 0.1) is 0 Å². The Labute approximate surface area is 144 Å². The molecule has 10 nitrogen and oxygen atoms in total. The molecule has 1 rings (SSSR count). The topological polar surface area (TPSA) is 121 Å². The first-order chi connectivity index (χ1) is 11.6. The van der Waals surface area contributed by atoms with Crippen LogP contribution in [0.1, 0.15) is 13.8 Å². The van der Waals surface area contributed by atoms with Crippen LogP contribution in [0.5, 0.6) is 0 Å². The zero-order valence-electron chi connectivity index (χ0n) is 13.4. The lowest BCUT2D eigenvalue weighted by Gasteiger charge is -2.17. The monoisotopic (exact) mass is 382 g/mol. The smallest absolute Gasteiger partial charge is 0.356 e. The Morgan fingerprint density at radius 3 is 2.58 bits per heavy atom. The standard InChI is InChI=1S/C12H20ClN4O6P/c1-3-22-24(19,23-4-2)9-20-5-6-21-17-12-10(16-8-18)11(13)14-7-15-12/h7-8H,3-6,9H2,1-2H3,(H,16,18)(H,14,15,17). The van der Waals surface area contributed by atoms with Gasteiger partial charge >= 0.3 is 7.60 Å². The van der Waals surface area contributed by atoms with Gasteiger partial charge in [-0.1, -0.05) is 11.6 Å². The van der Waals surface area contributed by atoms with Gasteiger partial charge in [0, 0.05) is 0 Å². The van der Waals surface area contributed by atoms with Gasteiger partial charge in [0.1, 0.15) is 18.4 Å². The maximum atomic E-state index is 12.1. The normalized spacial score (nSPS) is 11.3. The number of rotatable bonds is 13. The second-order valence-corrected chi connectivity index (χ2v) is 6.44. The summed E-state index contributed by atoms with van der Waals surface area (Å²) in [6.45, 7) is 4.21. The summed E-state index contributed by atoms with van der Waals surface area (Å²) < 4.78 is 27.5. The summed E-state index contributed by atoms with van der Waals surface area (Å²) in [5.74, 6) is 0.191. The van der Waals surface area contributed by atoms with E-state index >= 15 is 0 Å². The minimum atomic E-state index is -3.23. The van der Waals surface area contributed by atoms with Crippen molar-refractivity contribution >= 4 is 37.1 Å². The van der Waals surface area contributed by atoms with Crippen molar-refractivity contribution in [1.82, 2.24) is 9.97 Å². The van der Waals surface area contributed by atoms with Gasteiger partial charge in [-0.15, -0.1) is 0 Å². The summed E-state index contributed by atoms with van der Waals surface area (Å²) in [6, 6.07) is 0. The molecule has 0 spiro atoms. The highest BCUT2D eigenvalue weighted by atomic mass is 35.5. The Bertz CT molecular complexity index is 554. The van der Waals surface area contributed by atoms with Crippen molar-refractivity contribution in [3.8, 4) is 0 Å². The van der Waals surface area contributed by atoms with E-state index < -0.39 is 7.60 Å². The van der Waals surface area contributed by atoms with Gasteiger partial charge in [-0.3, -0.25) is 14.2 Å². The molecular formula is C12H20ClN4O6P. The first-order valence-electron chi connectivity index (χ1n) is 7.10. The van der Waals surface area contributed by atoms with Crippen molar-refractivity contribution < 1.29 is 28.0 Å². The molecule has 0 saturated carbocycles. The number of carbonyl (C=O) groups is 1.